The Morgan fingerprint density at radius 3 is 2.36 bits per heavy atom. The lowest BCUT2D eigenvalue weighted by molar-refractivity contribution is -0.120. The third-order valence-electron chi connectivity index (χ3n) is 5.34. The minimum absolute atomic E-state index is 0.0302. The van der Waals surface area contributed by atoms with Gasteiger partial charge in [0.2, 0.25) is 0 Å². The van der Waals surface area contributed by atoms with Gasteiger partial charge in [-0.15, -0.1) is 0 Å². The molecule has 3 amide bonds. The fourth-order valence-corrected chi connectivity index (χ4v) is 3.69. The molecule has 166 valence electrons. The van der Waals surface area contributed by atoms with Crippen LogP contribution < -0.4 is 15.5 Å². The standard InChI is InChI=1S/C25H20ClN3O4/c1-14-6-3-11-20(15(14)2)29-24(32)21(26)22(25(29)33)27-17-8-4-7-16(12-17)23(31)28-18-9-5-10-19(30)13-18/h3-13,27,30H,1-2H3,(H,28,31). The van der Waals surface area contributed by atoms with Gasteiger partial charge in [-0.1, -0.05) is 35.9 Å². The molecule has 3 aromatic rings. The Hall–Kier alpha value is -4.10. The van der Waals surface area contributed by atoms with Crippen molar-refractivity contribution in [2.75, 3.05) is 15.5 Å². The number of rotatable bonds is 5. The zero-order chi connectivity index (χ0) is 23.7. The number of anilines is 3. The average Bonchev–Trinajstić information content (AvgIpc) is 2.99. The summed E-state index contributed by atoms with van der Waals surface area (Å²) < 4.78 is 0. The molecule has 0 atom stereocenters. The number of amides is 3. The van der Waals surface area contributed by atoms with Crippen molar-refractivity contribution in [2.45, 2.75) is 13.8 Å². The van der Waals surface area contributed by atoms with E-state index in [9.17, 15) is 19.5 Å². The molecule has 33 heavy (non-hydrogen) atoms. The van der Waals surface area contributed by atoms with Crippen molar-refractivity contribution < 1.29 is 19.5 Å². The number of hydrogen-bond donors (Lipinski definition) is 3. The molecule has 1 heterocycles. The molecule has 3 aromatic carbocycles. The number of nitrogens with zero attached hydrogens (tertiary/aromatic N) is 1. The lowest BCUT2D eigenvalue weighted by atomic mass is 10.1. The minimum atomic E-state index is -0.615. The van der Waals surface area contributed by atoms with Crippen LogP contribution in [-0.4, -0.2) is 22.8 Å². The predicted octanol–water partition coefficient (Wildman–Crippen LogP) is 4.70. The van der Waals surface area contributed by atoms with Crippen molar-refractivity contribution in [1.29, 1.82) is 0 Å². The van der Waals surface area contributed by atoms with E-state index < -0.39 is 17.7 Å². The monoisotopic (exact) mass is 461 g/mol. The van der Waals surface area contributed by atoms with Crippen LogP contribution >= 0.6 is 11.6 Å². The molecule has 4 rings (SSSR count). The fourth-order valence-electron chi connectivity index (χ4n) is 3.48. The summed E-state index contributed by atoms with van der Waals surface area (Å²) >= 11 is 6.24. The quantitative estimate of drug-likeness (QED) is 0.478. The van der Waals surface area contributed by atoms with Crippen LogP contribution in [0.2, 0.25) is 0 Å². The van der Waals surface area contributed by atoms with Gasteiger partial charge in [-0.05, 0) is 61.4 Å². The number of imide groups is 1. The van der Waals surface area contributed by atoms with Gasteiger partial charge in [0.1, 0.15) is 16.5 Å². The SMILES string of the molecule is Cc1cccc(N2C(=O)C(Cl)=C(Nc3cccc(C(=O)Nc4cccc(O)c4)c3)C2=O)c1C. The lowest BCUT2D eigenvalue weighted by Crippen LogP contribution is -2.33. The Kier molecular flexibility index (Phi) is 5.89. The number of halogens is 1. The van der Waals surface area contributed by atoms with Crippen molar-refractivity contribution in [3.05, 3.63) is 94.1 Å². The molecule has 0 unspecified atom stereocenters. The third kappa shape index (κ3) is 4.31. The van der Waals surface area contributed by atoms with Crippen LogP contribution in [0.4, 0.5) is 17.1 Å². The maximum Gasteiger partial charge on any atom is 0.283 e. The molecule has 1 aliphatic heterocycles. The fraction of sp³-hybridized carbons (Fsp3) is 0.0800. The Morgan fingerprint density at radius 2 is 1.61 bits per heavy atom. The number of aromatic hydroxyl groups is 1. The van der Waals surface area contributed by atoms with E-state index in [1.54, 1.807) is 42.5 Å². The van der Waals surface area contributed by atoms with Crippen LogP contribution in [0.5, 0.6) is 5.75 Å². The minimum Gasteiger partial charge on any atom is -0.508 e. The Morgan fingerprint density at radius 1 is 0.909 bits per heavy atom. The van der Waals surface area contributed by atoms with Gasteiger partial charge in [0.25, 0.3) is 17.7 Å². The lowest BCUT2D eigenvalue weighted by Gasteiger charge is -2.18. The first-order valence-corrected chi connectivity index (χ1v) is 10.5. The summed E-state index contributed by atoms with van der Waals surface area (Å²) in [4.78, 5) is 39.5. The van der Waals surface area contributed by atoms with Gasteiger partial charge in [0, 0.05) is 23.0 Å². The molecule has 8 heteroatoms. The van der Waals surface area contributed by atoms with E-state index in [1.165, 1.54) is 18.2 Å². The summed E-state index contributed by atoms with van der Waals surface area (Å²) in [7, 11) is 0. The van der Waals surface area contributed by atoms with E-state index >= 15 is 0 Å². The summed E-state index contributed by atoms with van der Waals surface area (Å²) in [6.45, 7) is 3.73. The van der Waals surface area contributed by atoms with Gasteiger partial charge < -0.3 is 15.7 Å². The van der Waals surface area contributed by atoms with Crippen molar-refractivity contribution >= 4 is 46.4 Å². The molecule has 0 aromatic heterocycles. The molecule has 1 aliphatic rings. The summed E-state index contributed by atoms with van der Waals surface area (Å²) in [6, 6.07) is 18.0. The second-order valence-corrected chi connectivity index (χ2v) is 7.94. The smallest absolute Gasteiger partial charge is 0.283 e. The highest BCUT2D eigenvalue weighted by Crippen LogP contribution is 2.33. The average molecular weight is 462 g/mol. The number of phenolic OH excluding ortho intramolecular Hbond substituents is 1. The summed E-state index contributed by atoms with van der Waals surface area (Å²) in [5.41, 5.74) is 3.31. The largest absolute Gasteiger partial charge is 0.508 e. The first-order valence-electron chi connectivity index (χ1n) is 10.1. The zero-order valence-electron chi connectivity index (χ0n) is 17.8. The summed E-state index contributed by atoms with van der Waals surface area (Å²) in [5.74, 6) is -1.57. The van der Waals surface area contributed by atoms with Gasteiger partial charge in [-0.25, -0.2) is 4.90 Å². The van der Waals surface area contributed by atoms with E-state index in [4.69, 9.17) is 11.6 Å². The number of nitrogens with one attached hydrogen (secondary N) is 2. The third-order valence-corrected chi connectivity index (χ3v) is 5.69. The maximum atomic E-state index is 13.1. The number of carbonyl (C=O) groups excluding carboxylic acids is 3. The molecule has 0 spiro atoms. The van der Waals surface area contributed by atoms with Crippen LogP contribution in [0.15, 0.2) is 77.5 Å². The van der Waals surface area contributed by atoms with Crippen molar-refractivity contribution in [2.24, 2.45) is 0 Å². The van der Waals surface area contributed by atoms with Gasteiger partial charge in [0.15, 0.2) is 0 Å². The normalized spacial score (nSPS) is 13.5. The second kappa shape index (κ2) is 8.80. The number of hydrogen-bond acceptors (Lipinski definition) is 5. The number of carbonyl (C=O) groups is 3. The molecule has 0 saturated heterocycles. The second-order valence-electron chi connectivity index (χ2n) is 7.56. The van der Waals surface area contributed by atoms with E-state index in [0.717, 1.165) is 16.0 Å². The number of phenols is 1. The molecule has 0 fully saturated rings. The molecule has 7 nitrogen and oxygen atoms in total. The topological polar surface area (TPSA) is 98.7 Å². The van der Waals surface area contributed by atoms with E-state index in [2.05, 4.69) is 10.6 Å². The van der Waals surface area contributed by atoms with E-state index in [0.29, 0.717) is 22.6 Å². The van der Waals surface area contributed by atoms with Crippen molar-refractivity contribution in [3.63, 3.8) is 0 Å². The number of benzene rings is 3. The van der Waals surface area contributed by atoms with Crippen LogP contribution in [-0.2, 0) is 9.59 Å². The first-order chi connectivity index (χ1) is 15.8. The molecule has 0 saturated carbocycles. The summed E-state index contributed by atoms with van der Waals surface area (Å²) in [6.07, 6.45) is 0. The van der Waals surface area contributed by atoms with Gasteiger partial charge >= 0.3 is 0 Å². The highest BCUT2D eigenvalue weighted by atomic mass is 35.5. The zero-order valence-corrected chi connectivity index (χ0v) is 18.6. The Balaban J connectivity index is 1.56. The van der Waals surface area contributed by atoms with E-state index in [1.807, 2.05) is 19.9 Å². The molecule has 3 N–H and O–H groups in total. The van der Waals surface area contributed by atoms with Gasteiger partial charge in [-0.2, -0.15) is 0 Å². The van der Waals surface area contributed by atoms with Crippen LogP contribution in [0.3, 0.4) is 0 Å². The molecule has 0 bridgehead atoms. The first kappa shape index (κ1) is 22.1. The Bertz CT molecular complexity index is 1330. The Labute approximate surface area is 195 Å². The molecule has 0 aliphatic carbocycles. The maximum absolute atomic E-state index is 13.1. The van der Waals surface area contributed by atoms with Crippen LogP contribution in [0.25, 0.3) is 0 Å². The highest BCUT2D eigenvalue weighted by Gasteiger charge is 2.39. The van der Waals surface area contributed by atoms with Crippen LogP contribution in [0, 0.1) is 13.8 Å². The van der Waals surface area contributed by atoms with Gasteiger partial charge in [-0.3, -0.25) is 14.4 Å². The highest BCUT2D eigenvalue weighted by molar-refractivity contribution is 6.53. The van der Waals surface area contributed by atoms with E-state index in [-0.39, 0.29) is 16.5 Å². The van der Waals surface area contributed by atoms with Crippen molar-refractivity contribution in [3.8, 4) is 5.75 Å². The molecule has 0 radical (unpaired) electrons. The molecular weight excluding hydrogens is 442 g/mol. The van der Waals surface area contributed by atoms with Gasteiger partial charge in [0.05, 0.1) is 5.69 Å². The molecular formula is C25H20ClN3O4. The van der Waals surface area contributed by atoms with Crippen molar-refractivity contribution in [1.82, 2.24) is 0 Å². The summed E-state index contributed by atoms with van der Waals surface area (Å²) in [5, 5.41) is 14.9. The van der Waals surface area contributed by atoms with Crippen LogP contribution in [0.1, 0.15) is 21.5 Å². The number of aryl methyl sites for hydroxylation is 1. The predicted molar refractivity (Wildman–Crippen MR) is 127 cm³/mol.